The lowest BCUT2D eigenvalue weighted by atomic mass is 10.1. The minimum Gasteiger partial charge on any atom is -0.285 e. The molecule has 0 amide bonds. The van der Waals surface area contributed by atoms with Crippen molar-refractivity contribution in [2.45, 2.75) is 0 Å². The molecule has 0 atom stereocenters. The van der Waals surface area contributed by atoms with E-state index in [9.17, 15) is 0 Å². The summed E-state index contributed by atoms with van der Waals surface area (Å²) in [7, 11) is 0. The van der Waals surface area contributed by atoms with Crippen LogP contribution >= 0.6 is 34.5 Å². The third kappa shape index (κ3) is 3.47. The predicted octanol–water partition coefficient (Wildman–Crippen LogP) is 6.75. The van der Waals surface area contributed by atoms with E-state index in [1.54, 1.807) is 29.5 Å². The Balaban J connectivity index is 1.98. The van der Waals surface area contributed by atoms with Crippen LogP contribution in [0.1, 0.15) is 0 Å². The summed E-state index contributed by atoms with van der Waals surface area (Å²) in [6.45, 7) is 0. The number of para-hydroxylation sites is 1. The van der Waals surface area contributed by atoms with Crippen LogP contribution in [0.25, 0.3) is 16.9 Å². The van der Waals surface area contributed by atoms with Gasteiger partial charge < -0.3 is 0 Å². The zero-order valence-electron chi connectivity index (χ0n) is 13.6. The van der Waals surface area contributed by atoms with Crippen LogP contribution in [0.15, 0.2) is 89.2 Å². The molecule has 4 aromatic rings. The third-order valence-corrected chi connectivity index (χ3v) is 5.30. The second-order valence-corrected chi connectivity index (χ2v) is 7.33. The number of rotatable bonds is 3. The molecular formula is C21H14Cl2N2S. The van der Waals surface area contributed by atoms with E-state index in [1.165, 1.54) is 0 Å². The fourth-order valence-electron chi connectivity index (χ4n) is 2.70. The van der Waals surface area contributed by atoms with Gasteiger partial charge in [0.1, 0.15) is 0 Å². The number of benzene rings is 3. The molecule has 0 aliphatic carbocycles. The summed E-state index contributed by atoms with van der Waals surface area (Å²) in [4.78, 5) is 5.62. The van der Waals surface area contributed by atoms with Gasteiger partial charge in [-0.05, 0) is 35.9 Å². The molecule has 2 nitrogen and oxygen atoms in total. The normalized spacial score (nSPS) is 11.7. The topological polar surface area (TPSA) is 17.3 Å². The van der Waals surface area contributed by atoms with Gasteiger partial charge in [-0.25, -0.2) is 4.99 Å². The number of nitrogens with zero attached hydrogens (tertiary/aromatic N) is 2. The van der Waals surface area contributed by atoms with Crippen molar-refractivity contribution in [2.24, 2.45) is 4.99 Å². The van der Waals surface area contributed by atoms with Crippen molar-refractivity contribution in [3.05, 3.63) is 99.1 Å². The number of halogens is 2. The highest BCUT2D eigenvalue weighted by Gasteiger charge is 2.10. The van der Waals surface area contributed by atoms with Gasteiger partial charge in [-0.1, -0.05) is 71.7 Å². The van der Waals surface area contributed by atoms with Crippen molar-refractivity contribution >= 4 is 40.2 Å². The zero-order valence-corrected chi connectivity index (χ0v) is 16.0. The molecule has 1 aromatic heterocycles. The molecule has 0 fully saturated rings. The van der Waals surface area contributed by atoms with Crippen molar-refractivity contribution in [1.82, 2.24) is 4.57 Å². The van der Waals surface area contributed by atoms with Crippen LogP contribution in [0, 0.1) is 0 Å². The van der Waals surface area contributed by atoms with Crippen LogP contribution < -0.4 is 4.80 Å². The van der Waals surface area contributed by atoms with E-state index in [0.29, 0.717) is 15.7 Å². The van der Waals surface area contributed by atoms with E-state index in [0.717, 1.165) is 21.7 Å². The van der Waals surface area contributed by atoms with Crippen molar-refractivity contribution in [3.63, 3.8) is 0 Å². The van der Waals surface area contributed by atoms with Gasteiger partial charge in [-0.15, -0.1) is 11.3 Å². The Kier molecular flexibility index (Phi) is 4.93. The summed E-state index contributed by atoms with van der Waals surface area (Å²) in [5.74, 6) is 0. The fraction of sp³-hybridized carbons (Fsp3) is 0. The van der Waals surface area contributed by atoms with E-state index in [-0.39, 0.29) is 0 Å². The van der Waals surface area contributed by atoms with E-state index in [4.69, 9.17) is 28.2 Å². The largest absolute Gasteiger partial charge is 0.285 e. The molecule has 0 unspecified atom stereocenters. The van der Waals surface area contributed by atoms with Crippen LogP contribution in [0.3, 0.4) is 0 Å². The van der Waals surface area contributed by atoms with Gasteiger partial charge in [0.15, 0.2) is 4.80 Å². The maximum atomic E-state index is 6.31. The van der Waals surface area contributed by atoms with Gasteiger partial charge in [0.2, 0.25) is 0 Å². The molecule has 26 heavy (non-hydrogen) atoms. The second kappa shape index (κ2) is 7.50. The first-order chi connectivity index (χ1) is 12.7. The number of aromatic nitrogens is 1. The summed E-state index contributed by atoms with van der Waals surface area (Å²) in [5.41, 5.74) is 3.92. The Bertz CT molecular complexity index is 1100. The highest BCUT2D eigenvalue weighted by molar-refractivity contribution is 7.07. The van der Waals surface area contributed by atoms with Gasteiger partial charge in [-0.3, -0.25) is 4.57 Å². The number of thiazole rings is 1. The molecule has 0 aliphatic rings. The highest BCUT2D eigenvalue weighted by Crippen LogP contribution is 2.29. The van der Waals surface area contributed by atoms with E-state index < -0.39 is 0 Å². The molecule has 0 spiro atoms. The molecule has 0 radical (unpaired) electrons. The highest BCUT2D eigenvalue weighted by atomic mass is 35.5. The van der Waals surface area contributed by atoms with E-state index in [2.05, 4.69) is 34.2 Å². The molecule has 0 aliphatic heterocycles. The predicted molar refractivity (Wildman–Crippen MR) is 111 cm³/mol. The first kappa shape index (κ1) is 17.1. The van der Waals surface area contributed by atoms with Gasteiger partial charge in [-0.2, -0.15) is 0 Å². The van der Waals surface area contributed by atoms with E-state index >= 15 is 0 Å². The quantitative estimate of drug-likeness (QED) is 0.364. The molecule has 5 heteroatoms. The third-order valence-electron chi connectivity index (χ3n) is 3.92. The smallest absolute Gasteiger partial charge is 0.195 e. The molecule has 4 rings (SSSR count). The van der Waals surface area contributed by atoms with Gasteiger partial charge in [0.05, 0.1) is 16.4 Å². The minimum absolute atomic E-state index is 0.573. The maximum Gasteiger partial charge on any atom is 0.195 e. The molecule has 1 heterocycles. The second-order valence-electron chi connectivity index (χ2n) is 5.65. The van der Waals surface area contributed by atoms with Crippen molar-refractivity contribution in [2.75, 3.05) is 0 Å². The standard InChI is InChI=1S/C21H14Cl2N2S/c22-16-11-12-18(23)19(13-16)24-21-25(17-9-5-2-6-10-17)20(14-26-21)15-7-3-1-4-8-15/h1-14H. The Hall–Kier alpha value is -2.33. The Morgan fingerprint density at radius 3 is 2.23 bits per heavy atom. The summed E-state index contributed by atoms with van der Waals surface area (Å²) in [6, 6.07) is 25.8. The minimum atomic E-state index is 0.573. The molecule has 0 saturated heterocycles. The average Bonchev–Trinajstić information content (AvgIpc) is 3.10. The molecule has 0 N–H and O–H groups in total. The average molecular weight is 397 g/mol. The number of hydrogen-bond donors (Lipinski definition) is 0. The van der Waals surface area contributed by atoms with Crippen LogP contribution in [-0.4, -0.2) is 4.57 Å². The monoisotopic (exact) mass is 396 g/mol. The summed E-state index contributed by atoms with van der Waals surface area (Å²) < 4.78 is 2.14. The zero-order chi connectivity index (χ0) is 17.9. The van der Waals surface area contributed by atoms with Gasteiger partial charge >= 0.3 is 0 Å². The fourth-order valence-corrected chi connectivity index (χ4v) is 3.95. The Labute approximate surface area is 165 Å². The van der Waals surface area contributed by atoms with Crippen LogP contribution in [0.5, 0.6) is 0 Å². The SMILES string of the molecule is Clc1ccc(Cl)c(N=c2scc(-c3ccccc3)n2-c2ccccc2)c1. The van der Waals surface area contributed by atoms with Crippen LogP contribution in [-0.2, 0) is 0 Å². The molecular weight excluding hydrogens is 383 g/mol. The van der Waals surface area contributed by atoms with Gasteiger partial charge in [0.25, 0.3) is 0 Å². The van der Waals surface area contributed by atoms with Crippen molar-refractivity contribution in [3.8, 4) is 16.9 Å². The first-order valence-corrected chi connectivity index (χ1v) is 9.67. The number of hydrogen-bond acceptors (Lipinski definition) is 2. The van der Waals surface area contributed by atoms with Crippen molar-refractivity contribution in [1.29, 1.82) is 0 Å². The molecule has 0 saturated carbocycles. The first-order valence-electron chi connectivity index (χ1n) is 8.03. The van der Waals surface area contributed by atoms with Crippen LogP contribution in [0.2, 0.25) is 10.0 Å². The maximum absolute atomic E-state index is 6.31. The van der Waals surface area contributed by atoms with Crippen molar-refractivity contribution < 1.29 is 0 Å². The molecule has 0 bridgehead atoms. The Morgan fingerprint density at radius 1 is 0.808 bits per heavy atom. The molecule has 3 aromatic carbocycles. The lowest BCUT2D eigenvalue weighted by Gasteiger charge is -2.09. The van der Waals surface area contributed by atoms with E-state index in [1.807, 2.05) is 36.4 Å². The summed E-state index contributed by atoms with van der Waals surface area (Å²) >= 11 is 14.0. The van der Waals surface area contributed by atoms with Crippen LogP contribution in [0.4, 0.5) is 5.69 Å². The Morgan fingerprint density at radius 2 is 1.50 bits per heavy atom. The molecule has 128 valence electrons. The van der Waals surface area contributed by atoms with Gasteiger partial charge in [0, 0.05) is 16.1 Å². The lowest BCUT2D eigenvalue weighted by Crippen LogP contribution is -2.13. The lowest BCUT2D eigenvalue weighted by molar-refractivity contribution is 1.01. The summed E-state index contributed by atoms with van der Waals surface area (Å²) in [5, 5.41) is 3.29. The summed E-state index contributed by atoms with van der Waals surface area (Å²) in [6.07, 6.45) is 0.